The summed E-state index contributed by atoms with van der Waals surface area (Å²) < 4.78 is 6.66. The normalized spacial score (nSPS) is 30.1. The summed E-state index contributed by atoms with van der Waals surface area (Å²) in [5, 5.41) is 22.8. The van der Waals surface area contributed by atoms with E-state index in [9.17, 15) is 24.6 Å². The molecule has 39 heavy (non-hydrogen) atoms. The second kappa shape index (κ2) is 10.1. The summed E-state index contributed by atoms with van der Waals surface area (Å²) in [5.41, 5.74) is -1.60. The van der Waals surface area contributed by atoms with Crippen LogP contribution in [0.5, 0.6) is 0 Å². The molecule has 6 atom stereocenters. The van der Waals surface area contributed by atoms with Crippen molar-refractivity contribution in [3.8, 4) is 0 Å². The van der Waals surface area contributed by atoms with Crippen molar-refractivity contribution < 1.29 is 29.3 Å². The predicted molar refractivity (Wildman–Crippen MR) is 148 cm³/mol. The van der Waals surface area contributed by atoms with Gasteiger partial charge in [0.1, 0.15) is 17.6 Å². The van der Waals surface area contributed by atoms with E-state index in [4.69, 9.17) is 4.74 Å². The first-order chi connectivity index (χ1) is 18.6. The van der Waals surface area contributed by atoms with Crippen LogP contribution in [-0.2, 0) is 19.1 Å². The summed E-state index contributed by atoms with van der Waals surface area (Å²) in [6.07, 6.45) is 3.43. The van der Waals surface area contributed by atoms with Gasteiger partial charge in [0.2, 0.25) is 5.91 Å². The minimum atomic E-state index is -1.27. The van der Waals surface area contributed by atoms with Crippen molar-refractivity contribution >= 4 is 34.2 Å². The van der Waals surface area contributed by atoms with Crippen molar-refractivity contribution in [3.05, 3.63) is 55.1 Å². The molecule has 2 N–H and O–H groups in total. The SMILES string of the molecule is C=CCN(C(=O)C1N([C@@H](CO)CC(C)C)C(=O)[C@@H]2[C@H](C(=O)O)[C@]3(CC)CCC12O3)c1ccc2ccccc2c1. The second-order valence-corrected chi connectivity index (χ2v) is 11.7. The number of aliphatic hydroxyl groups is 1. The maximum atomic E-state index is 14.7. The second-order valence-electron chi connectivity index (χ2n) is 11.7. The van der Waals surface area contributed by atoms with Crippen LogP contribution in [-0.4, -0.2) is 69.3 Å². The monoisotopic (exact) mass is 534 g/mol. The summed E-state index contributed by atoms with van der Waals surface area (Å²) in [6.45, 7) is 9.61. The molecule has 0 saturated carbocycles. The first-order valence-corrected chi connectivity index (χ1v) is 13.9. The number of ether oxygens (including phenoxy) is 1. The van der Waals surface area contributed by atoms with Crippen molar-refractivity contribution in [3.63, 3.8) is 0 Å². The van der Waals surface area contributed by atoms with Crippen LogP contribution < -0.4 is 4.90 Å². The number of anilines is 1. The Morgan fingerprint density at radius 2 is 1.92 bits per heavy atom. The number of carbonyl (C=O) groups is 3. The molecule has 2 aromatic carbocycles. The van der Waals surface area contributed by atoms with Crippen molar-refractivity contribution in [2.45, 2.75) is 69.7 Å². The molecule has 2 aromatic rings. The highest BCUT2D eigenvalue weighted by molar-refractivity contribution is 6.05. The lowest BCUT2D eigenvalue weighted by atomic mass is 9.65. The number of aliphatic carboxylic acids is 1. The third-order valence-electron chi connectivity index (χ3n) is 9.09. The lowest BCUT2D eigenvalue weighted by Crippen LogP contribution is -2.59. The molecule has 0 aromatic heterocycles. The molecule has 3 fully saturated rings. The zero-order chi connectivity index (χ0) is 28.1. The Labute approximate surface area is 229 Å². The van der Waals surface area contributed by atoms with E-state index in [-0.39, 0.29) is 25.0 Å². The van der Waals surface area contributed by atoms with Crippen LogP contribution in [0.4, 0.5) is 5.69 Å². The van der Waals surface area contributed by atoms with Gasteiger partial charge in [-0.2, -0.15) is 0 Å². The van der Waals surface area contributed by atoms with Crippen molar-refractivity contribution in [1.82, 2.24) is 4.90 Å². The molecule has 2 amide bonds. The molecule has 3 heterocycles. The van der Waals surface area contributed by atoms with E-state index >= 15 is 0 Å². The van der Waals surface area contributed by atoms with Gasteiger partial charge in [0.25, 0.3) is 5.91 Å². The molecular formula is C31H38N2O6. The van der Waals surface area contributed by atoms with Crippen LogP contribution in [0.1, 0.15) is 46.5 Å². The summed E-state index contributed by atoms with van der Waals surface area (Å²) in [4.78, 5) is 44.6. The van der Waals surface area contributed by atoms with Gasteiger partial charge in [0.05, 0.1) is 24.2 Å². The van der Waals surface area contributed by atoms with E-state index < -0.39 is 47.0 Å². The molecule has 2 unspecified atom stereocenters. The highest BCUT2D eigenvalue weighted by Crippen LogP contribution is 2.64. The summed E-state index contributed by atoms with van der Waals surface area (Å²) >= 11 is 0. The van der Waals surface area contributed by atoms with Gasteiger partial charge < -0.3 is 24.7 Å². The van der Waals surface area contributed by atoms with Crippen LogP contribution in [0, 0.1) is 17.8 Å². The number of hydrogen-bond acceptors (Lipinski definition) is 5. The van der Waals surface area contributed by atoms with Gasteiger partial charge in [-0.25, -0.2) is 0 Å². The summed E-state index contributed by atoms with van der Waals surface area (Å²) in [7, 11) is 0. The molecule has 5 rings (SSSR count). The largest absolute Gasteiger partial charge is 0.481 e. The van der Waals surface area contributed by atoms with Gasteiger partial charge in [-0.05, 0) is 54.5 Å². The number of benzene rings is 2. The molecule has 0 radical (unpaired) electrons. The van der Waals surface area contributed by atoms with Gasteiger partial charge in [0.15, 0.2) is 0 Å². The molecule has 3 aliphatic heterocycles. The highest BCUT2D eigenvalue weighted by Gasteiger charge is 2.79. The fraction of sp³-hybridized carbons (Fsp3) is 0.516. The Kier molecular flexibility index (Phi) is 7.06. The van der Waals surface area contributed by atoms with Crippen molar-refractivity contribution in [2.24, 2.45) is 17.8 Å². The minimum Gasteiger partial charge on any atom is -0.481 e. The quantitative estimate of drug-likeness (QED) is 0.446. The fourth-order valence-electron chi connectivity index (χ4n) is 7.47. The zero-order valence-electron chi connectivity index (χ0n) is 22.9. The lowest BCUT2D eigenvalue weighted by molar-refractivity contribution is -0.157. The number of carbonyl (C=O) groups excluding carboxylic acids is 2. The predicted octanol–water partition coefficient (Wildman–Crippen LogP) is 4.01. The topological polar surface area (TPSA) is 107 Å². The third-order valence-corrected chi connectivity index (χ3v) is 9.09. The summed E-state index contributed by atoms with van der Waals surface area (Å²) in [6, 6.07) is 11.9. The molecule has 3 aliphatic rings. The minimum absolute atomic E-state index is 0.142. The van der Waals surface area contributed by atoms with Gasteiger partial charge >= 0.3 is 5.97 Å². The molecular weight excluding hydrogens is 496 g/mol. The average molecular weight is 535 g/mol. The smallest absolute Gasteiger partial charge is 0.310 e. The Hall–Kier alpha value is -3.23. The number of likely N-dealkylation sites (tertiary alicyclic amines) is 1. The first kappa shape index (κ1) is 27.3. The van der Waals surface area contributed by atoms with E-state index in [0.29, 0.717) is 31.4 Å². The first-order valence-electron chi connectivity index (χ1n) is 13.9. The van der Waals surface area contributed by atoms with E-state index in [2.05, 4.69) is 6.58 Å². The maximum Gasteiger partial charge on any atom is 0.310 e. The number of carboxylic acid groups (broad SMARTS) is 1. The van der Waals surface area contributed by atoms with Crippen LogP contribution in [0.25, 0.3) is 10.8 Å². The van der Waals surface area contributed by atoms with Crippen molar-refractivity contribution in [1.29, 1.82) is 0 Å². The molecule has 8 nitrogen and oxygen atoms in total. The van der Waals surface area contributed by atoms with Gasteiger partial charge in [-0.1, -0.05) is 57.2 Å². The molecule has 3 saturated heterocycles. The van der Waals surface area contributed by atoms with Gasteiger partial charge in [-0.3, -0.25) is 14.4 Å². The zero-order valence-corrected chi connectivity index (χ0v) is 22.9. The van der Waals surface area contributed by atoms with E-state index in [1.807, 2.05) is 63.2 Å². The molecule has 8 heteroatoms. The number of carboxylic acids is 1. The Balaban J connectivity index is 1.65. The van der Waals surface area contributed by atoms with Crippen LogP contribution in [0.15, 0.2) is 55.1 Å². The van der Waals surface area contributed by atoms with Crippen molar-refractivity contribution in [2.75, 3.05) is 18.1 Å². The van der Waals surface area contributed by atoms with Crippen LogP contribution in [0.3, 0.4) is 0 Å². The summed E-state index contributed by atoms with van der Waals surface area (Å²) in [5.74, 6) is -3.72. The Morgan fingerprint density at radius 1 is 1.21 bits per heavy atom. The van der Waals surface area contributed by atoms with E-state index in [0.717, 1.165) is 10.8 Å². The maximum absolute atomic E-state index is 14.7. The fourth-order valence-corrected chi connectivity index (χ4v) is 7.47. The standard InChI is InChI=1S/C31H38N2O6/c1-5-15-32(22-12-11-20-9-7-8-10-21(20)17-22)28(36)26-31-14-13-30(6-2,39-31)25(29(37)38)24(31)27(35)33(26)23(18-34)16-19(3)4/h5,7-12,17,19,23-26,34H,1,6,13-16,18H2,2-4H3,(H,37,38)/t23-,24+,25-,26?,30+,31?/m1/s1. The Bertz CT molecular complexity index is 1310. The molecule has 208 valence electrons. The number of amides is 2. The molecule has 1 spiro atoms. The van der Waals surface area contributed by atoms with Crippen LogP contribution in [0.2, 0.25) is 0 Å². The lowest BCUT2D eigenvalue weighted by Gasteiger charge is -2.40. The number of fused-ring (bicyclic) bond motifs is 2. The Morgan fingerprint density at radius 3 is 2.54 bits per heavy atom. The van der Waals surface area contributed by atoms with Gasteiger partial charge in [0, 0.05) is 12.2 Å². The highest BCUT2D eigenvalue weighted by atomic mass is 16.5. The number of aliphatic hydroxyl groups excluding tert-OH is 1. The van der Waals surface area contributed by atoms with E-state index in [1.165, 1.54) is 4.90 Å². The number of nitrogens with zero attached hydrogens (tertiary/aromatic N) is 2. The number of rotatable bonds is 10. The molecule has 0 aliphatic carbocycles. The van der Waals surface area contributed by atoms with Gasteiger partial charge in [-0.15, -0.1) is 6.58 Å². The number of hydrogen-bond donors (Lipinski definition) is 2. The third kappa shape index (κ3) is 4.07. The van der Waals surface area contributed by atoms with Crippen LogP contribution >= 0.6 is 0 Å². The average Bonchev–Trinajstić information content (AvgIpc) is 3.53. The van der Waals surface area contributed by atoms with E-state index in [1.54, 1.807) is 11.0 Å². The molecule has 2 bridgehead atoms.